The summed E-state index contributed by atoms with van der Waals surface area (Å²) in [5, 5.41) is 20.2. The van der Waals surface area contributed by atoms with Crippen molar-refractivity contribution in [3.63, 3.8) is 0 Å². The minimum absolute atomic E-state index is 0.00890. The lowest BCUT2D eigenvalue weighted by atomic mass is 10.1. The number of pyridine rings is 1. The summed E-state index contributed by atoms with van der Waals surface area (Å²) in [6.45, 7) is -0.966. The number of aliphatic hydroxyl groups excluding tert-OH is 1. The zero-order valence-electron chi connectivity index (χ0n) is 17.1. The minimum atomic E-state index is -4.83. The second-order valence-corrected chi connectivity index (χ2v) is 7.15. The number of alkyl halides is 4. The van der Waals surface area contributed by atoms with E-state index in [2.05, 4.69) is 4.98 Å². The number of methoxy groups -OCH3 is 1. The Kier molecular flexibility index (Phi) is 6.91. The summed E-state index contributed by atoms with van der Waals surface area (Å²) in [4.78, 5) is 27.9. The number of ether oxygens (including phenoxy) is 2. The van der Waals surface area contributed by atoms with Crippen molar-refractivity contribution < 1.29 is 46.8 Å². The molecular weight excluding hydrogens is 454 g/mol. The van der Waals surface area contributed by atoms with Crippen molar-refractivity contribution in [2.45, 2.75) is 25.0 Å². The molecule has 1 aliphatic rings. The molecule has 0 radical (unpaired) electrons. The second kappa shape index (κ2) is 9.48. The van der Waals surface area contributed by atoms with Gasteiger partial charge in [-0.2, -0.15) is 13.2 Å². The van der Waals surface area contributed by atoms with Gasteiger partial charge in [0.25, 0.3) is 5.91 Å². The number of hydrogen-bond donors (Lipinski definition) is 3. The number of carbonyl (C=O) groups is 2. The van der Waals surface area contributed by atoms with Crippen LogP contribution in [0.25, 0.3) is 0 Å². The lowest BCUT2D eigenvalue weighted by Crippen LogP contribution is -2.29. The fourth-order valence-corrected chi connectivity index (χ4v) is 3.12. The molecule has 3 N–H and O–H groups in total. The number of halogens is 4. The molecule has 1 fully saturated rings. The summed E-state index contributed by atoms with van der Waals surface area (Å²) in [7, 11) is 1.29. The first-order chi connectivity index (χ1) is 15.5. The zero-order chi connectivity index (χ0) is 24.3. The van der Waals surface area contributed by atoms with Crippen LogP contribution in [0.1, 0.15) is 21.6 Å². The third-order valence-electron chi connectivity index (χ3n) is 4.69. The predicted molar refractivity (Wildman–Crippen MR) is 104 cm³/mol. The highest BCUT2D eigenvalue weighted by Crippen LogP contribution is 2.33. The molecule has 0 spiro atoms. The van der Waals surface area contributed by atoms with Crippen LogP contribution >= 0.6 is 0 Å². The monoisotopic (exact) mass is 473 g/mol. The van der Waals surface area contributed by atoms with Gasteiger partial charge in [-0.05, 0) is 23.8 Å². The molecule has 9 nitrogen and oxygen atoms in total. The Morgan fingerprint density at radius 3 is 2.45 bits per heavy atom. The van der Waals surface area contributed by atoms with E-state index in [-0.39, 0.29) is 35.7 Å². The molecule has 3 rings (SSSR count). The van der Waals surface area contributed by atoms with Gasteiger partial charge in [0.1, 0.15) is 29.5 Å². The average molecular weight is 473 g/mol. The van der Waals surface area contributed by atoms with Gasteiger partial charge in [0.15, 0.2) is 0 Å². The topological polar surface area (TPSA) is 121 Å². The van der Waals surface area contributed by atoms with Crippen molar-refractivity contribution in [2.24, 2.45) is 0 Å². The van der Waals surface area contributed by atoms with Crippen molar-refractivity contribution in [1.82, 2.24) is 15.2 Å². The van der Waals surface area contributed by atoms with E-state index in [0.717, 1.165) is 11.0 Å². The molecule has 178 valence electrons. The Labute approximate surface area is 184 Å². The van der Waals surface area contributed by atoms with Crippen LogP contribution in [0, 0.1) is 0 Å². The molecule has 1 aliphatic heterocycles. The largest absolute Gasteiger partial charge is 0.497 e. The number of rotatable bonds is 6. The Balaban J connectivity index is 1.92. The molecule has 0 bridgehead atoms. The molecule has 2 unspecified atom stereocenters. The van der Waals surface area contributed by atoms with Crippen LogP contribution in [0.4, 0.5) is 22.4 Å². The first-order valence-electron chi connectivity index (χ1n) is 9.49. The molecule has 1 aromatic carbocycles. The molecule has 1 saturated heterocycles. The third-order valence-corrected chi connectivity index (χ3v) is 4.69. The number of likely N-dealkylation sites (tertiary alicyclic amines) is 1. The number of aliphatic hydroxyl groups is 1. The highest BCUT2D eigenvalue weighted by molar-refractivity contribution is 5.95. The molecule has 2 amide bonds. The van der Waals surface area contributed by atoms with Crippen molar-refractivity contribution in [3.05, 3.63) is 47.2 Å². The van der Waals surface area contributed by atoms with E-state index < -0.39 is 48.6 Å². The summed E-state index contributed by atoms with van der Waals surface area (Å²) >= 11 is 0. The predicted octanol–water partition coefficient (Wildman–Crippen LogP) is 2.82. The van der Waals surface area contributed by atoms with Crippen LogP contribution in [-0.2, 0) is 12.7 Å². The van der Waals surface area contributed by atoms with E-state index in [0.29, 0.717) is 6.07 Å². The Morgan fingerprint density at radius 2 is 1.88 bits per heavy atom. The molecule has 2 heterocycles. The van der Waals surface area contributed by atoms with Crippen molar-refractivity contribution in [1.29, 1.82) is 0 Å². The molecule has 2 aromatic rings. The number of hydrogen-bond acceptors (Lipinski definition) is 6. The van der Waals surface area contributed by atoms with Crippen LogP contribution in [0.15, 0.2) is 30.3 Å². The van der Waals surface area contributed by atoms with E-state index in [9.17, 15) is 32.3 Å². The van der Waals surface area contributed by atoms with Gasteiger partial charge in [-0.3, -0.25) is 4.79 Å². The smallest absolute Gasteiger partial charge is 0.433 e. The maximum Gasteiger partial charge on any atom is 0.433 e. The molecule has 13 heteroatoms. The van der Waals surface area contributed by atoms with Crippen molar-refractivity contribution in [2.75, 3.05) is 20.2 Å². The normalized spacial score (nSPS) is 18.2. The van der Waals surface area contributed by atoms with E-state index in [1.165, 1.54) is 25.3 Å². The van der Waals surface area contributed by atoms with Gasteiger partial charge in [-0.25, -0.2) is 14.2 Å². The van der Waals surface area contributed by atoms with Gasteiger partial charge in [0.2, 0.25) is 5.88 Å². The van der Waals surface area contributed by atoms with E-state index in [4.69, 9.17) is 14.6 Å². The van der Waals surface area contributed by atoms with Crippen LogP contribution in [-0.4, -0.2) is 64.6 Å². The molecule has 0 saturated carbocycles. The van der Waals surface area contributed by atoms with Crippen molar-refractivity contribution in [3.8, 4) is 17.4 Å². The number of benzene rings is 1. The van der Waals surface area contributed by atoms with Crippen LogP contribution in [0.5, 0.6) is 17.4 Å². The van der Waals surface area contributed by atoms with E-state index >= 15 is 0 Å². The van der Waals surface area contributed by atoms with Gasteiger partial charge in [-0.1, -0.05) is 0 Å². The standard InChI is InChI=1S/C20H19F4N3O6/c1-32-12-4-11(18(29)27-8-14(21)15(28)9-27)5-13(6-12)33-17-3-10(7-25-19(30)31)2-16(26-17)20(22,23)24/h2-6,14-15,25,28H,7-9H2,1H3,(H,30,31). The fourth-order valence-electron chi connectivity index (χ4n) is 3.12. The molecule has 0 aliphatic carbocycles. The Bertz CT molecular complexity index is 1040. The summed E-state index contributed by atoms with van der Waals surface area (Å²) in [6, 6.07) is 5.62. The molecular formula is C20H19F4N3O6. The van der Waals surface area contributed by atoms with Gasteiger partial charge in [0.05, 0.1) is 13.7 Å². The molecule has 2 atom stereocenters. The van der Waals surface area contributed by atoms with E-state index in [1.807, 2.05) is 5.32 Å². The first-order valence-corrected chi connectivity index (χ1v) is 9.49. The summed E-state index contributed by atoms with van der Waals surface area (Å²) in [5.41, 5.74) is -1.37. The lowest BCUT2D eigenvalue weighted by Gasteiger charge is -2.17. The minimum Gasteiger partial charge on any atom is -0.497 e. The van der Waals surface area contributed by atoms with Crippen molar-refractivity contribution >= 4 is 12.0 Å². The quantitative estimate of drug-likeness (QED) is 0.552. The van der Waals surface area contributed by atoms with Crippen LogP contribution < -0.4 is 14.8 Å². The maximum atomic E-state index is 13.6. The number of carbonyl (C=O) groups excluding carboxylic acids is 1. The summed E-state index contributed by atoms with van der Waals surface area (Å²) in [5.74, 6) is -1.11. The Morgan fingerprint density at radius 1 is 1.18 bits per heavy atom. The lowest BCUT2D eigenvalue weighted by molar-refractivity contribution is -0.141. The number of nitrogens with one attached hydrogen (secondary N) is 1. The second-order valence-electron chi connectivity index (χ2n) is 7.15. The summed E-state index contributed by atoms with van der Waals surface area (Å²) < 4.78 is 63.9. The molecule has 1 aromatic heterocycles. The maximum absolute atomic E-state index is 13.6. The van der Waals surface area contributed by atoms with Gasteiger partial charge < -0.3 is 29.9 Å². The fraction of sp³-hybridized carbons (Fsp3) is 0.350. The third kappa shape index (κ3) is 6.00. The van der Waals surface area contributed by atoms with Crippen LogP contribution in [0.3, 0.4) is 0 Å². The summed E-state index contributed by atoms with van der Waals surface area (Å²) in [6.07, 6.45) is -9.17. The number of nitrogens with zero attached hydrogens (tertiary/aromatic N) is 2. The number of amides is 2. The number of β-amino-alcohol motifs (C(OH)–C–C–N with tert-alkyl or cyclic N) is 1. The van der Waals surface area contributed by atoms with Crippen LogP contribution in [0.2, 0.25) is 0 Å². The average Bonchev–Trinajstić information content (AvgIpc) is 3.09. The molecule has 33 heavy (non-hydrogen) atoms. The van der Waals surface area contributed by atoms with Gasteiger partial charge in [-0.15, -0.1) is 0 Å². The number of aromatic nitrogens is 1. The Hall–Kier alpha value is -3.61. The zero-order valence-corrected chi connectivity index (χ0v) is 17.1. The van der Waals surface area contributed by atoms with Gasteiger partial charge in [0, 0.05) is 30.8 Å². The van der Waals surface area contributed by atoms with Gasteiger partial charge >= 0.3 is 12.3 Å². The number of carboxylic acid groups (broad SMARTS) is 1. The van der Waals surface area contributed by atoms with E-state index in [1.54, 1.807) is 0 Å². The SMILES string of the molecule is COc1cc(Oc2cc(CNC(=O)O)cc(C(F)(F)F)n2)cc(C(=O)N2CC(O)C(F)C2)c1. The highest BCUT2D eigenvalue weighted by Gasteiger charge is 2.35. The highest BCUT2D eigenvalue weighted by atomic mass is 19.4. The first kappa shape index (κ1) is 24.0.